The highest BCUT2D eigenvalue weighted by Gasteiger charge is 2.29. The van der Waals surface area contributed by atoms with Gasteiger partial charge < -0.3 is 5.32 Å². The van der Waals surface area contributed by atoms with Crippen molar-refractivity contribution < 1.29 is 4.79 Å². The molecule has 0 aliphatic heterocycles. The maximum Gasteiger partial charge on any atom is 0.223 e. The van der Waals surface area contributed by atoms with Gasteiger partial charge in [-0.05, 0) is 25.0 Å². The smallest absolute Gasteiger partial charge is 0.223 e. The summed E-state index contributed by atoms with van der Waals surface area (Å²) < 4.78 is 0. The normalized spacial score (nSPS) is 14.4. The minimum Gasteiger partial charge on any atom is -0.350 e. The Morgan fingerprint density at radius 1 is 1.39 bits per heavy atom. The minimum absolute atomic E-state index is 0.161. The number of amides is 1. The van der Waals surface area contributed by atoms with E-state index in [9.17, 15) is 4.79 Å². The van der Waals surface area contributed by atoms with Crippen LogP contribution in [0.2, 0.25) is 0 Å². The van der Waals surface area contributed by atoms with Gasteiger partial charge in [0.05, 0.1) is 12.2 Å². The van der Waals surface area contributed by atoms with Gasteiger partial charge in [-0.25, -0.2) is 4.98 Å². The third-order valence-corrected chi connectivity index (χ3v) is 3.81. The quantitative estimate of drug-likeness (QED) is 0.916. The van der Waals surface area contributed by atoms with Gasteiger partial charge in [0.1, 0.15) is 5.01 Å². The van der Waals surface area contributed by atoms with Crippen molar-refractivity contribution in [2.24, 2.45) is 5.92 Å². The van der Waals surface area contributed by atoms with E-state index in [1.54, 1.807) is 23.7 Å². The Hall–Kier alpha value is -1.75. The van der Waals surface area contributed by atoms with Gasteiger partial charge in [0.2, 0.25) is 5.91 Å². The lowest BCUT2D eigenvalue weighted by Crippen LogP contribution is -2.24. The number of nitrogens with one attached hydrogen (secondary N) is 1. The van der Waals surface area contributed by atoms with Crippen molar-refractivity contribution in [2.45, 2.75) is 19.4 Å². The van der Waals surface area contributed by atoms with Gasteiger partial charge in [0, 0.05) is 29.3 Å². The van der Waals surface area contributed by atoms with Crippen LogP contribution in [0.1, 0.15) is 18.5 Å². The first-order valence-electron chi connectivity index (χ1n) is 5.95. The molecule has 0 spiro atoms. The van der Waals surface area contributed by atoms with Crippen LogP contribution in [-0.4, -0.2) is 15.9 Å². The molecule has 4 nitrogen and oxygen atoms in total. The van der Waals surface area contributed by atoms with E-state index in [-0.39, 0.29) is 11.8 Å². The molecule has 1 saturated carbocycles. The van der Waals surface area contributed by atoms with Crippen molar-refractivity contribution in [2.75, 3.05) is 0 Å². The molecule has 0 radical (unpaired) electrons. The highest BCUT2D eigenvalue weighted by atomic mass is 32.1. The Morgan fingerprint density at radius 3 is 2.89 bits per heavy atom. The molecule has 1 amide bonds. The summed E-state index contributed by atoms with van der Waals surface area (Å²) >= 11 is 1.59. The minimum atomic E-state index is 0.161. The molecular formula is C13H13N3OS. The summed E-state index contributed by atoms with van der Waals surface area (Å²) in [4.78, 5) is 20.0. The number of pyridine rings is 1. The zero-order valence-corrected chi connectivity index (χ0v) is 10.6. The fourth-order valence-electron chi connectivity index (χ4n) is 1.68. The zero-order valence-electron chi connectivity index (χ0n) is 9.80. The van der Waals surface area contributed by atoms with Gasteiger partial charge in [-0.3, -0.25) is 9.78 Å². The predicted octanol–water partition coefficient (Wildman–Crippen LogP) is 2.23. The molecule has 0 aromatic carbocycles. The van der Waals surface area contributed by atoms with Crippen molar-refractivity contribution in [3.63, 3.8) is 0 Å². The second-order valence-electron chi connectivity index (χ2n) is 4.37. The van der Waals surface area contributed by atoms with E-state index in [2.05, 4.69) is 15.3 Å². The van der Waals surface area contributed by atoms with Crippen molar-refractivity contribution in [3.8, 4) is 10.6 Å². The Bertz CT molecular complexity index is 548. The first kappa shape index (κ1) is 11.3. The van der Waals surface area contributed by atoms with Crippen molar-refractivity contribution in [1.82, 2.24) is 15.3 Å². The average Bonchev–Trinajstić information content (AvgIpc) is 3.16. The predicted molar refractivity (Wildman–Crippen MR) is 69.9 cm³/mol. The number of thiazole rings is 1. The molecule has 1 fully saturated rings. The fourth-order valence-corrected chi connectivity index (χ4v) is 2.51. The molecule has 2 aromatic rings. The van der Waals surface area contributed by atoms with Gasteiger partial charge in [-0.1, -0.05) is 0 Å². The van der Waals surface area contributed by atoms with Gasteiger partial charge in [-0.15, -0.1) is 11.3 Å². The van der Waals surface area contributed by atoms with Crippen LogP contribution in [-0.2, 0) is 11.3 Å². The van der Waals surface area contributed by atoms with E-state index in [4.69, 9.17) is 0 Å². The second-order valence-corrected chi connectivity index (χ2v) is 5.23. The molecule has 1 aliphatic rings. The SMILES string of the molecule is O=C(NCc1csc(-c2ccncc2)n1)C1CC1. The van der Waals surface area contributed by atoms with E-state index in [0.29, 0.717) is 6.54 Å². The molecule has 5 heteroatoms. The number of carbonyl (C=O) groups is 1. The molecule has 92 valence electrons. The summed E-state index contributed by atoms with van der Waals surface area (Å²) in [5, 5.41) is 5.87. The number of rotatable bonds is 4. The molecule has 1 aliphatic carbocycles. The summed E-state index contributed by atoms with van der Waals surface area (Å²) in [5.41, 5.74) is 1.98. The van der Waals surface area contributed by atoms with Crippen LogP contribution in [0.15, 0.2) is 29.9 Å². The van der Waals surface area contributed by atoms with E-state index in [1.165, 1.54) is 0 Å². The first-order valence-corrected chi connectivity index (χ1v) is 6.83. The molecule has 0 saturated heterocycles. The number of hydrogen-bond acceptors (Lipinski definition) is 4. The summed E-state index contributed by atoms with van der Waals surface area (Å²) in [6.07, 6.45) is 5.58. The van der Waals surface area contributed by atoms with Crippen LogP contribution in [0.5, 0.6) is 0 Å². The largest absolute Gasteiger partial charge is 0.350 e. The standard InChI is InChI=1S/C13H13N3OS/c17-12(9-1-2-9)15-7-11-8-18-13(16-11)10-3-5-14-6-4-10/h3-6,8-9H,1-2,7H2,(H,15,17). The van der Waals surface area contributed by atoms with Crippen LogP contribution >= 0.6 is 11.3 Å². The van der Waals surface area contributed by atoms with Crippen molar-refractivity contribution in [1.29, 1.82) is 0 Å². The Morgan fingerprint density at radius 2 is 2.17 bits per heavy atom. The van der Waals surface area contributed by atoms with E-state index in [0.717, 1.165) is 29.1 Å². The molecule has 3 rings (SSSR count). The van der Waals surface area contributed by atoms with E-state index >= 15 is 0 Å². The van der Waals surface area contributed by atoms with Crippen molar-refractivity contribution in [3.05, 3.63) is 35.6 Å². The molecule has 2 heterocycles. The summed E-state index contributed by atoms with van der Waals surface area (Å²) in [6.45, 7) is 0.525. The van der Waals surface area contributed by atoms with Gasteiger partial charge in [0.15, 0.2) is 0 Å². The summed E-state index contributed by atoms with van der Waals surface area (Å²) in [7, 11) is 0. The first-order chi connectivity index (χ1) is 8.83. The fraction of sp³-hybridized carbons (Fsp3) is 0.308. The Labute approximate surface area is 109 Å². The Balaban J connectivity index is 1.64. The molecule has 2 aromatic heterocycles. The van der Waals surface area contributed by atoms with E-state index in [1.807, 2.05) is 17.5 Å². The van der Waals surface area contributed by atoms with Crippen LogP contribution in [0, 0.1) is 5.92 Å². The molecule has 1 N–H and O–H groups in total. The monoisotopic (exact) mass is 259 g/mol. The van der Waals surface area contributed by atoms with Crippen molar-refractivity contribution >= 4 is 17.2 Å². The highest BCUT2D eigenvalue weighted by molar-refractivity contribution is 7.13. The number of hydrogen-bond donors (Lipinski definition) is 1. The summed E-state index contributed by atoms with van der Waals surface area (Å²) in [6, 6.07) is 3.87. The Kier molecular flexibility index (Phi) is 3.06. The molecule has 0 atom stereocenters. The molecule has 0 bridgehead atoms. The van der Waals surface area contributed by atoms with Gasteiger partial charge in [-0.2, -0.15) is 0 Å². The molecule has 0 unspecified atom stereocenters. The maximum atomic E-state index is 11.5. The lowest BCUT2D eigenvalue weighted by atomic mass is 10.3. The second kappa shape index (κ2) is 4.86. The number of aromatic nitrogens is 2. The lowest BCUT2D eigenvalue weighted by molar-refractivity contribution is -0.122. The highest BCUT2D eigenvalue weighted by Crippen LogP contribution is 2.29. The third-order valence-electron chi connectivity index (χ3n) is 2.87. The van der Waals surface area contributed by atoms with Crippen LogP contribution in [0.25, 0.3) is 10.6 Å². The average molecular weight is 259 g/mol. The van der Waals surface area contributed by atoms with Crippen LogP contribution < -0.4 is 5.32 Å². The molecule has 18 heavy (non-hydrogen) atoms. The molecular weight excluding hydrogens is 246 g/mol. The van der Waals surface area contributed by atoms with Gasteiger partial charge >= 0.3 is 0 Å². The zero-order chi connectivity index (χ0) is 12.4. The van der Waals surface area contributed by atoms with Gasteiger partial charge in [0.25, 0.3) is 0 Å². The topological polar surface area (TPSA) is 54.9 Å². The van der Waals surface area contributed by atoms with Crippen LogP contribution in [0.4, 0.5) is 0 Å². The lowest BCUT2D eigenvalue weighted by Gasteiger charge is -2.00. The van der Waals surface area contributed by atoms with E-state index < -0.39 is 0 Å². The number of nitrogens with zero attached hydrogens (tertiary/aromatic N) is 2. The number of carbonyl (C=O) groups excluding carboxylic acids is 1. The maximum absolute atomic E-state index is 11.5. The third kappa shape index (κ3) is 2.56. The van der Waals surface area contributed by atoms with Crippen LogP contribution in [0.3, 0.4) is 0 Å². The summed E-state index contributed by atoms with van der Waals surface area (Å²) in [5.74, 6) is 0.414.